The number of thiophene rings is 1. The van der Waals surface area contributed by atoms with E-state index in [0.717, 1.165) is 42.6 Å². The second-order valence-corrected chi connectivity index (χ2v) is 8.35. The molecule has 6 nitrogen and oxygen atoms in total. The Morgan fingerprint density at radius 2 is 2.23 bits per heavy atom. The van der Waals surface area contributed by atoms with Crippen molar-refractivity contribution < 1.29 is 9.53 Å². The molecule has 0 bridgehead atoms. The fraction of sp³-hybridized carbons (Fsp3) is 0.579. The number of anilines is 1. The average molecular weight is 375 g/mol. The largest absolute Gasteiger partial charge is 0.381 e. The standard InChI is InChI=1S/C19H26N4O2S/c1-12-17(10-23(2)22-12)21-19(24)14-7-18(26-11-14)15-8-16(15)20-9-13-3-5-25-6-4-13/h7,10-11,13,15-16,20H,3-6,8-9H2,1-2H3,(H,21,24)/t15-,16-/m1/s1. The van der Waals surface area contributed by atoms with E-state index in [2.05, 4.69) is 15.7 Å². The molecule has 7 heteroatoms. The van der Waals surface area contributed by atoms with Gasteiger partial charge in [-0.2, -0.15) is 5.10 Å². The first-order valence-corrected chi connectivity index (χ1v) is 10.2. The van der Waals surface area contributed by atoms with E-state index in [1.54, 1.807) is 16.0 Å². The molecule has 2 atom stereocenters. The summed E-state index contributed by atoms with van der Waals surface area (Å²) in [6.07, 6.45) is 5.34. The van der Waals surface area contributed by atoms with E-state index in [1.807, 2.05) is 31.6 Å². The lowest BCUT2D eigenvalue weighted by molar-refractivity contribution is 0.0662. The number of hydrogen-bond donors (Lipinski definition) is 2. The van der Waals surface area contributed by atoms with Crippen molar-refractivity contribution in [3.8, 4) is 0 Å². The van der Waals surface area contributed by atoms with Crippen LogP contribution in [0, 0.1) is 12.8 Å². The van der Waals surface area contributed by atoms with Crippen LogP contribution in [0.25, 0.3) is 0 Å². The Labute approximate surface area is 157 Å². The van der Waals surface area contributed by atoms with Crippen molar-refractivity contribution in [2.75, 3.05) is 25.1 Å². The van der Waals surface area contributed by atoms with Crippen LogP contribution in [0.3, 0.4) is 0 Å². The van der Waals surface area contributed by atoms with Crippen LogP contribution >= 0.6 is 11.3 Å². The number of carbonyl (C=O) groups is 1. The van der Waals surface area contributed by atoms with Crippen LogP contribution in [-0.4, -0.2) is 41.5 Å². The highest BCUT2D eigenvalue weighted by Crippen LogP contribution is 2.43. The average Bonchev–Trinajstić information content (AvgIpc) is 3.10. The maximum atomic E-state index is 12.5. The molecule has 0 aromatic carbocycles. The number of rotatable bonds is 6. The van der Waals surface area contributed by atoms with Gasteiger partial charge in [-0.3, -0.25) is 9.48 Å². The highest BCUT2D eigenvalue weighted by Gasteiger charge is 2.39. The molecule has 4 rings (SSSR count). The smallest absolute Gasteiger partial charge is 0.256 e. The molecule has 0 radical (unpaired) electrons. The van der Waals surface area contributed by atoms with Gasteiger partial charge in [0.15, 0.2) is 0 Å². The van der Waals surface area contributed by atoms with Crippen molar-refractivity contribution in [1.82, 2.24) is 15.1 Å². The minimum Gasteiger partial charge on any atom is -0.381 e. The van der Waals surface area contributed by atoms with Crippen molar-refractivity contribution in [2.24, 2.45) is 13.0 Å². The van der Waals surface area contributed by atoms with Gasteiger partial charge in [-0.15, -0.1) is 11.3 Å². The summed E-state index contributed by atoms with van der Waals surface area (Å²) in [5.74, 6) is 1.25. The summed E-state index contributed by atoms with van der Waals surface area (Å²) in [5.41, 5.74) is 2.34. The third kappa shape index (κ3) is 4.00. The zero-order valence-electron chi connectivity index (χ0n) is 15.3. The van der Waals surface area contributed by atoms with Gasteiger partial charge >= 0.3 is 0 Å². The van der Waals surface area contributed by atoms with Crippen LogP contribution in [0.1, 0.15) is 46.1 Å². The van der Waals surface area contributed by atoms with Crippen LogP contribution in [-0.2, 0) is 11.8 Å². The number of aryl methyl sites for hydroxylation is 2. The molecule has 140 valence electrons. The Bertz CT molecular complexity index is 778. The monoisotopic (exact) mass is 374 g/mol. The molecule has 1 amide bonds. The zero-order chi connectivity index (χ0) is 18.1. The normalized spacial score (nSPS) is 23.2. The lowest BCUT2D eigenvalue weighted by Crippen LogP contribution is -2.29. The predicted octanol–water partition coefficient (Wildman–Crippen LogP) is 2.91. The van der Waals surface area contributed by atoms with Crippen molar-refractivity contribution in [1.29, 1.82) is 0 Å². The summed E-state index contributed by atoms with van der Waals surface area (Å²) in [7, 11) is 1.85. The molecule has 0 unspecified atom stereocenters. The van der Waals surface area contributed by atoms with Crippen molar-refractivity contribution in [2.45, 2.75) is 38.1 Å². The van der Waals surface area contributed by atoms with E-state index < -0.39 is 0 Å². The van der Waals surface area contributed by atoms with Crippen molar-refractivity contribution >= 4 is 22.9 Å². The lowest BCUT2D eigenvalue weighted by Gasteiger charge is -2.22. The maximum Gasteiger partial charge on any atom is 0.256 e. The minimum absolute atomic E-state index is 0.0593. The first-order chi connectivity index (χ1) is 12.6. The zero-order valence-corrected chi connectivity index (χ0v) is 16.1. The molecular weight excluding hydrogens is 348 g/mol. The molecular formula is C19H26N4O2S. The van der Waals surface area contributed by atoms with Crippen molar-refractivity contribution in [3.63, 3.8) is 0 Å². The second kappa shape index (κ2) is 7.50. The first-order valence-electron chi connectivity index (χ1n) is 9.31. The predicted molar refractivity (Wildman–Crippen MR) is 103 cm³/mol. The second-order valence-electron chi connectivity index (χ2n) is 7.41. The molecule has 2 fully saturated rings. The van der Waals surface area contributed by atoms with Crippen LogP contribution in [0.5, 0.6) is 0 Å². The van der Waals surface area contributed by atoms with Crippen LogP contribution < -0.4 is 10.6 Å². The molecule has 1 saturated carbocycles. The fourth-order valence-corrected chi connectivity index (χ4v) is 4.66. The summed E-state index contributed by atoms with van der Waals surface area (Å²) in [6.45, 7) is 4.79. The van der Waals surface area contributed by atoms with E-state index in [-0.39, 0.29) is 5.91 Å². The summed E-state index contributed by atoms with van der Waals surface area (Å²) in [6, 6.07) is 2.61. The molecule has 0 spiro atoms. The quantitative estimate of drug-likeness (QED) is 0.816. The lowest BCUT2D eigenvalue weighted by atomic mass is 10.0. The SMILES string of the molecule is Cc1nn(C)cc1NC(=O)c1csc([C@@H]2C[C@H]2NCC2CCOCC2)c1. The third-order valence-electron chi connectivity index (χ3n) is 5.31. The van der Waals surface area contributed by atoms with Crippen LogP contribution in [0.4, 0.5) is 5.69 Å². The van der Waals surface area contributed by atoms with Gasteiger partial charge in [-0.05, 0) is 44.7 Å². The molecule has 2 aliphatic rings. The molecule has 2 aromatic heterocycles. The number of aromatic nitrogens is 2. The highest BCUT2D eigenvalue weighted by atomic mass is 32.1. The van der Waals surface area contributed by atoms with Crippen LogP contribution in [0.15, 0.2) is 17.6 Å². The Morgan fingerprint density at radius 3 is 2.96 bits per heavy atom. The number of hydrogen-bond acceptors (Lipinski definition) is 5. The summed E-state index contributed by atoms with van der Waals surface area (Å²) in [4.78, 5) is 13.8. The number of amides is 1. The van der Waals surface area contributed by atoms with Gasteiger partial charge in [-0.25, -0.2) is 0 Å². The Balaban J connectivity index is 1.29. The van der Waals surface area contributed by atoms with Gasteiger partial charge in [0.2, 0.25) is 0 Å². The van der Waals surface area contributed by atoms with Crippen molar-refractivity contribution in [3.05, 3.63) is 33.8 Å². The van der Waals surface area contributed by atoms with E-state index in [0.29, 0.717) is 12.0 Å². The number of nitrogens with one attached hydrogen (secondary N) is 2. The Hall–Kier alpha value is -1.70. The molecule has 26 heavy (non-hydrogen) atoms. The third-order valence-corrected chi connectivity index (χ3v) is 6.37. The Morgan fingerprint density at radius 1 is 1.42 bits per heavy atom. The first kappa shape index (κ1) is 17.7. The van der Waals surface area contributed by atoms with E-state index in [1.165, 1.54) is 24.1 Å². The van der Waals surface area contributed by atoms with E-state index in [4.69, 9.17) is 4.74 Å². The summed E-state index contributed by atoms with van der Waals surface area (Å²) < 4.78 is 7.13. The number of nitrogens with zero attached hydrogens (tertiary/aromatic N) is 2. The van der Waals surface area contributed by atoms with E-state index >= 15 is 0 Å². The molecule has 2 aromatic rings. The molecule has 1 saturated heterocycles. The number of ether oxygens (including phenoxy) is 1. The minimum atomic E-state index is -0.0593. The summed E-state index contributed by atoms with van der Waals surface area (Å²) in [5, 5.41) is 12.9. The fourth-order valence-electron chi connectivity index (χ4n) is 3.59. The van der Waals surface area contributed by atoms with Gasteiger partial charge in [0, 0.05) is 48.7 Å². The highest BCUT2D eigenvalue weighted by molar-refractivity contribution is 7.10. The van der Waals surface area contributed by atoms with E-state index in [9.17, 15) is 4.79 Å². The molecule has 2 N–H and O–H groups in total. The summed E-state index contributed by atoms with van der Waals surface area (Å²) >= 11 is 1.69. The van der Waals surface area contributed by atoms with Gasteiger partial charge in [0.1, 0.15) is 0 Å². The van der Waals surface area contributed by atoms with Gasteiger partial charge in [-0.1, -0.05) is 0 Å². The van der Waals surface area contributed by atoms with Gasteiger partial charge < -0.3 is 15.4 Å². The Kier molecular flexibility index (Phi) is 5.11. The molecule has 1 aliphatic heterocycles. The maximum absolute atomic E-state index is 12.5. The van der Waals surface area contributed by atoms with Crippen LogP contribution in [0.2, 0.25) is 0 Å². The topological polar surface area (TPSA) is 68.2 Å². The van der Waals surface area contributed by atoms with Gasteiger partial charge in [0.05, 0.1) is 16.9 Å². The number of carbonyl (C=O) groups excluding carboxylic acids is 1. The molecule has 1 aliphatic carbocycles. The van der Waals surface area contributed by atoms with Gasteiger partial charge in [0.25, 0.3) is 5.91 Å². The molecule has 3 heterocycles.